The van der Waals surface area contributed by atoms with Crippen LogP contribution in [0.4, 0.5) is 0 Å². The molecule has 1 aliphatic rings. The first-order valence-electron chi connectivity index (χ1n) is 7.09. The molecule has 0 saturated heterocycles. The summed E-state index contributed by atoms with van der Waals surface area (Å²) in [7, 11) is 0. The molecular formula is C16H25NO. The summed E-state index contributed by atoms with van der Waals surface area (Å²) in [6.45, 7) is 9.92. The Morgan fingerprint density at radius 2 is 1.89 bits per heavy atom. The lowest BCUT2D eigenvalue weighted by atomic mass is 9.93. The number of rotatable bonds is 5. The summed E-state index contributed by atoms with van der Waals surface area (Å²) in [5.74, 6) is 1.79. The maximum absolute atomic E-state index is 6.04. The van der Waals surface area contributed by atoms with Gasteiger partial charge in [0.05, 0.1) is 6.04 Å². The van der Waals surface area contributed by atoms with Crippen molar-refractivity contribution in [3.05, 3.63) is 29.8 Å². The molecule has 0 aromatic heterocycles. The molecule has 1 aliphatic heterocycles. The van der Waals surface area contributed by atoms with Crippen molar-refractivity contribution >= 4 is 0 Å². The van der Waals surface area contributed by atoms with Crippen LogP contribution in [-0.4, -0.2) is 12.1 Å². The fourth-order valence-electron chi connectivity index (χ4n) is 2.75. The Kier molecular flexibility index (Phi) is 3.96. The quantitative estimate of drug-likeness (QED) is 0.851. The van der Waals surface area contributed by atoms with Crippen molar-refractivity contribution in [1.29, 1.82) is 0 Å². The van der Waals surface area contributed by atoms with Gasteiger partial charge in [0, 0.05) is 5.56 Å². The lowest BCUT2D eigenvalue weighted by Crippen LogP contribution is -2.40. The lowest BCUT2D eigenvalue weighted by Gasteiger charge is -2.28. The van der Waals surface area contributed by atoms with E-state index in [0.717, 1.165) is 18.2 Å². The number of benzene rings is 1. The van der Waals surface area contributed by atoms with Crippen LogP contribution in [0, 0.1) is 5.92 Å². The topological polar surface area (TPSA) is 21.3 Å². The average Bonchev–Trinajstić information content (AvgIpc) is 2.61. The monoisotopic (exact) mass is 247 g/mol. The third kappa shape index (κ3) is 2.54. The highest BCUT2D eigenvalue weighted by atomic mass is 16.5. The molecule has 1 atom stereocenters. The summed E-state index contributed by atoms with van der Waals surface area (Å²) in [6, 6.07) is 8.67. The van der Waals surface area contributed by atoms with Crippen LogP contribution in [0.3, 0.4) is 0 Å². The molecule has 0 saturated carbocycles. The Morgan fingerprint density at radius 3 is 2.56 bits per heavy atom. The van der Waals surface area contributed by atoms with Gasteiger partial charge in [-0.15, -0.1) is 0 Å². The zero-order valence-corrected chi connectivity index (χ0v) is 12.0. The second-order valence-electron chi connectivity index (χ2n) is 5.77. The molecule has 0 amide bonds. The Morgan fingerprint density at radius 1 is 1.22 bits per heavy atom. The van der Waals surface area contributed by atoms with Crippen molar-refractivity contribution in [2.24, 2.45) is 5.92 Å². The van der Waals surface area contributed by atoms with E-state index >= 15 is 0 Å². The standard InChI is InChI=1S/C16H25NO/c1-5-12(6-2)11-17-15-13-9-7-8-10-14(13)18-16(15,3)4/h7-10,12,15,17H,5-6,11H2,1-4H3. The van der Waals surface area contributed by atoms with Gasteiger partial charge in [-0.3, -0.25) is 0 Å². The smallest absolute Gasteiger partial charge is 0.125 e. The van der Waals surface area contributed by atoms with Gasteiger partial charge >= 0.3 is 0 Å². The first-order chi connectivity index (χ1) is 8.58. The van der Waals surface area contributed by atoms with Crippen molar-refractivity contribution in [3.63, 3.8) is 0 Å². The SMILES string of the molecule is CCC(CC)CNC1c2ccccc2OC1(C)C. The second kappa shape index (κ2) is 5.31. The lowest BCUT2D eigenvalue weighted by molar-refractivity contribution is 0.0942. The maximum atomic E-state index is 6.04. The summed E-state index contributed by atoms with van der Waals surface area (Å²) in [4.78, 5) is 0. The van der Waals surface area contributed by atoms with Gasteiger partial charge in [-0.2, -0.15) is 0 Å². The molecule has 1 unspecified atom stereocenters. The molecule has 2 rings (SSSR count). The first-order valence-corrected chi connectivity index (χ1v) is 7.09. The van der Waals surface area contributed by atoms with Crippen LogP contribution >= 0.6 is 0 Å². The third-order valence-corrected chi connectivity index (χ3v) is 4.06. The van der Waals surface area contributed by atoms with Crippen molar-refractivity contribution in [2.45, 2.75) is 52.2 Å². The van der Waals surface area contributed by atoms with Crippen LogP contribution in [0.25, 0.3) is 0 Å². The van der Waals surface area contributed by atoms with Crippen LogP contribution in [-0.2, 0) is 0 Å². The summed E-state index contributed by atoms with van der Waals surface area (Å²) >= 11 is 0. The average molecular weight is 247 g/mol. The maximum Gasteiger partial charge on any atom is 0.125 e. The molecule has 2 nitrogen and oxygen atoms in total. The molecule has 1 aromatic carbocycles. The van der Waals surface area contributed by atoms with Gasteiger partial charge in [0.1, 0.15) is 11.4 Å². The summed E-state index contributed by atoms with van der Waals surface area (Å²) in [5.41, 5.74) is 1.14. The molecule has 0 bridgehead atoms. The minimum Gasteiger partial charge on any atom is -0.486 e. The fraction of sp³-hybridized carbons (Fsp3) is 0.625. The van der Waals surface area contributed by atoms with Gasteiger partial charge in [-0.1, -0.05) is 44.9 Å². The van der Waals surface area contributed by atoms with Crippen LogP contribution in [0.1, 0.15) is 52.1 Å². The molecule has 1 N–H and O–H groups in total. The third-order valence-electron chi connectivity index (χ3n) is 4.06. The highest BCUT2D eigenvalue weighted by Gasteiger charge is 2.40. The van der Waals surface area contributed by atoms with Crippen LogP contribution in [0.15, 0.2) is 24.3 Å². The zero-order valence-electron chi connectivity index (χ0n) is 12.0. The van der Waals surface area contributed by atoms with E-state index in [1.54, 1.807) is 0 Å². The van der Waals surface area contributed by atoms with Gasteiger partial charge in [0.25, 0.3) is 0 Å². The summed E-state index contributed by atoms with van der Waals surface area (Å²) in [5, 5.41) is 3.70. The Hall–Kier alpha value is -1.02. The van der Waals surface area contributed by atoms with E-state index in [-0.39, 0.29) is 5.60 Å². The predicted molar refractivity (Wildman–Crippen MR) is 76.0 cm³/mol. The number of nitrogens with one attached hydrogen (secondary N) is 1. The molecule has 18 heavy (non-hydrogen) atoms. The normalized spacial score (nSPS) is 20.8. The first kappa shape index (κ1) is 13.4. The number of hydrogen-bond donors (Lipinski definition) is 1. The highest BCUT2D eigenvalue weighted by Crippen LogP contribution is 2.42. The van der Waals surface area contributed by atoms with Crippen molar-refractivity contribution in [2.75, 3.05) is 6.54 Å². The predicted octanol–water partition coefficient (Wildman–Crippen LogP) is 3.92. The van der Waals surface area contributed by atoms with Gasteiger partial charge in [0.2, 0.25) is 0 Å². The number of ether oxygens (including phenoxy) is 1. The Balaban J connectivity index is 2.11. The van der Waals surface area contributed by atoms with Gasteiger partial charge in [-0.05, 0) is 32.4 Å². The van der Waals surface area contributed by atoms with E-state index in [4.69, 9.17) is 4.74 Å². The largest absolute Gasteiger partial charge is 0.486 e. The number of hydrogen-bond acceptors (Lipinski definition) is 2. The summed E-state index contributed by atoms with van der Waals surface area (Å²) < 4.78 is 6.04. The minimum absolute atomic E-state index is 0.157. The van der Waals surface area contributed by atoms with E-state index in [0.29, 0.717) is 6.04 Å². The molecule has 0 aliphatic carbocycles. The zero-order chi connectivity index (χ0) is 13.2. The second-order valence-corrected chi connectivity index (χ2v) is 5.77. The van der Waals surface area contributed by atoms with Crippen molar-refractivity contribution < 1.29 is 4.74 Å². The van der Waals surface area contributed by atoms with Crippen LogP contribution in [0.2, 0.25) is 0 Å². The van der Waals surface area contributed by atoms with Gasteiger partial charge < -0.3 is 10.1 Å². The van der Waals surface area contributed by atoms with E-state index in [9.17, 15) is 0 Å². The van der Waals surface area contributed by atoms with Crippen LogP contribution < -0.4 is 10.1 Å². The van der Waals surface area contributed by atoms with E-state index < -0.39 is 0 Å². The summed E-state index contributed by atoms with van der Waals surface area (Å²) in [6.07, 6.45) is 2.47. The highest BCUT2D eigenvalue weighted by molar-refractivity contribution is 5.42. The molecule has 1 heterocycles. The van der Waals surface area contributed by atoms with E-state index in [2.05, 4.69) is 51.2 Å². The van der Waals surface area contributed by atoms with E-state index in [1.807, 2.05) is 6.07 Å². The number of fused-ring (bicyclic) bond motifs is 1. The van der Waals surface area contributed by atoms with Crippen molar-refractivity contribution in [3.8, 4) is 5.75 Å². The molecule has 0 radical (unpaired) electrons. The molecule has 0 fully saturated rings. The minimum atomic E-state index is -0.157. The molecule has 100 valence electrons. The van der Waals surface area contributed by atoms with Gasteiger partial charge in [-0.25, -0.2) is 0 Å². The van der Waals surface area contributed by atoms with Crippen molar-refractivity contribution in [1.82, 2.24) is 5.32 Å². The Bertz CT molecular complexity index is 396. The van der Waals surface area contributed by atoms with Gasteiger partial charge in [0.15, 0.2) is 0 Å². The molecule has 0 spiro atoms. The Labute approximate surface area is 111 Å². The van der Waals surface area contributed by atoms with E-state index in [1.165, 1.54) is 18.4 Å². The molecular weight excluding hydrogens is 222 g/mol. The molecule has 2 heteroatoms. The fourth-order valence-corrected chi connectivity index (χ4v) is 2.75. The number of para-hydroxylation sites is 1. The van der Waals surface area contributed by atoms with Crippen LogP contribution in [0.5, 0.6) is 5.75 Å². The molecule has 1 aromatic rings.